The Morgan fingerprint density at radius 3 is 2.16 bits per heavy atom. The fraction of sp³-hybridized carbons (Fsp3) is 0.533. The van der Waals surface area contributed by atoms with E-state index >= 15 is 0 Å². The zero-order chi connectivity index (χ0) is 14.3. The monoisotopic (exact) mass is 266 g/mol. The van der Waals surface area contributed by atoms with Crippen LogP contribution in [0.3, 0.4) is 0 Å². The number of carbonyl (C=O) groups is 1. The van der Waals surface area contributed by atoms with Crippen molar-refractivity contribution in [3.05, 3.63) is 35.4 Å². The highest BCUT2D eigenvalue weighted by Gasteiger charge is 2.12. The summed E-state index contributed by atoms with van der Waals surface area (Å²) in [5.41, 5.74) is 1.61. The van der Waals surface area contributed by atoms with Gasteiger partial charge in [-0.25, -0.2) is 0 Å². The second-order valence-electron chi connectivity index (χ2n) is 4.81. The molecular weight excluding hydrogens is 244 g/mol. The van der Waals surface area contributed by atoms with Gasteiger partial charge in [0.05, 0.1) is 0 Å². The van der Waals surface area contributed by atoms with Gasteiger partial charge in [0.15, 0.2) is 6.29 Å². The third-order valence-corrected chi connectivity index (χ3v) is 3.29. The van der Waals surface area contributed by atoms with Crippen molar-refractivity contribution in [3.8, 4) is 0 Å². The van der Waals surface area contributed by atoms with Gasteiger partial charge in [0.1, 0.15) is 0 Å². The lowest BCUT2D eigenvalue weighted by Gasteiger charge is -2.17. The molecule has 106 valence electrons. The number of hydrogen-bond acceptors (Lipinski definition) is 3. The van der Waals surface area contributed by atoms with E-state index in [0.29, 0.717) is 17.9 Å². The summed E-state index contributed by atoms with van der Waals surface area (Å²) in [6.07, 6.45) is 2.34. The molecule has 0 amide bonds. The Bertz CT molecular complexity index is 384. The van der Waals surface area contributed by atoms with Crippen LogP contribution >= 0.6 is 0 Å². The van der Waals surface area contributed by atoms with Crippen molar-refractivity contribution in [1.29, 1.82) is 0 Å². The topological polar surface area (TPSA) is 77.8 Å². The Balaban J connectivity index is 2.66. The molecule has 0 bridgehead atoms. The molecule has 1 aromatic rings. The molecule has 1 aromatic carbocycles. The first-order valence-electron chi connectivity index (χ1n) is 6.72. The average molecular weight is 266 g/mol. The summed E-state index contributed by atoms with van der Waals surface area (Å²) < 4.78 is 0. The molecule has 0 heterocycles. The predicted octanol–water partition coefficient (Wildman–Crippen LogP) is 2.81. The molecule has 1 unspecified atom stereocenters. The standard InChI is InChI=1S/C15H22O4/c1-2-4-11(5-3-6-14(16)17)12-7-9-13(10-8-12)15(18)19/h7-11,15,18-19H,2-6H2,1H3,(H,16,17). The summed E-state index contributed by atoms with van der Waals surface area (Å²) in [5.74, 6) is -0.414. The molecular formula is C15H22O4. The van der Waals surface area contributed by atoms with Gasteiger partial charge in [-0.1, -0.05) is 37.6 Å². The van der Waals surface area contributed by atoms with Gasteiger partial charge in [-0.2, -0.15) is 0 Å². The quantitative estimate of drug-likeness (QED) is 0.632. The van der Waals surface area contributed by atoms with E-state index in [-0.39, 0.29) is 6.42 Å². The third-order valence-electron chi connectivity index (χ3n) is 3.29. The van der Waals surface area contributed by atoms with Gasteiger partial charge in [-0.15, -0.1) is 0 Å². The van der Waals surface area contributed by atoms with E-state index in [9.17, 15) is 4.79 Å². The molecule has 4 heteroatoms. The molecule has 1 atom stereocenters. The highest BCUT2D eigenvalue weighted by molar-refractivity contribution is 5.66. The molecule has 0 saturated carbocycles. The lowest BCUT2D eigenvalue weighted by molar-refractivity contribution is -0.137. The third kappa shape index (κ3) is 5.41. The largest absolute Gasteiger partial charge is 0.481 e. The molecule has 0 saturated heterocycles. The minimum atomic E-state index is -1.44. The number of benzene rings is 1. The lowest BCUT2D eigenvalue weighted by Crippen LogP contribution is -2.02. The van der Waals surface area contributed by atoms with Crippen LogP contribution < -0.4 is 0 Å². The summed E-state index contributed by atoms with van der Waals surface area (Å²) in [7, 11) is 0. The number of rotatable bonds is 8. The number of carboxylic acids is 1. The van der Waals surface area contributed by atoms with E-state index in [4.69, 9.17) is 15.3 Å². The van der Waals surface area contributed by atoms with Crippen LogP contribution in [0.25, 0.3) is 0 Å². The normalized spacial score (nSPS) is 12.6. The van der Waals surface area contributed by atoms with E-state index in [2.05, 4.69) is 6.92 Å². The molecule has 0 spiro atoms. The van der Waals surface area contributed by atoms with Crippen molar-refractivity contribution in [3.63, 3.8) is 0 Å². The van der Waals surface area contributed by atoms with Crippen LogP contribution in [0.15, 0.2) is 24.3 Å². The Morgan fingerprint density at radius 1 is 1.11 bits per heavy atom. The molecule has 0 radical (unpaired) electrons. The van der Waals surface area contributed by atoms with Gasteiger partial charge < -0.3 is 15.3 Å². The van der Waals surface area contributed by atoms with Crippen LogP contribution in [-0.4, -0.2) is 21.3 Å². The maximum absolute atomic E-state index is 10.5. The van der Waals surface area contributed by atoms with E-state index in [0.717, 1.165) is 24.8 Å². The van der Waals surface area contributed by atoms with Crippen LogP contribution in [0.5, 0.6) is 0 Å². The Morgan fingerprint density at radius 2 is 1.68 bits per heavy atom. The minimum Gasteiger partial charge on any atom is -0.481 e. The van der Waals surface area contributed by atoms with Crippen LogP contribution in [0.2, 0.25) is 0 Å². The number of carboxylic acid groups (broad SMARTS) is 1. The molecule has 0 aliphatic carbocycles. The van der Waals surface area contributed by atoms with Crippen LogP contribution in [0.4, 0.5) is 0 Å². The predicted molar refractivity (Wildman–Crippen MR) is 72.8 cm³/mol. The fourth-order valence-electron chi connectivity index (χ4n) is 2.27. The highest BCUT2D eigenvalue weighted by atomic mass is 16.5. The number of aliphatic carboxylic acids is 1. The second-order valence-corrected chi connectivity index (χ2v) is 4.81. The smallest absolute Gasteiger partial charge is 0.303 e. The van der Waals surface area contributed by atoms with Crippen molar-refractivity contribution >= 4 is 5.97 Å². The average Bonchev–Trinajstić information content (AvgIpc) is 2.37. The Hall–Kier alpha value is -1.39. The maximum atomic E-state index is 10.5. The molecule has 0 fully saturated rings. The minimum absolute atomic E-state index is 0.202. The number of aliphatic hydroxyl groups is 2. The van der Waals surface area contributed by atoms with Gasteiger partial charge in [0.2, 0.25) is 0 Å². The first-order valence-corrected chi connectivity index (χ1v) is 6.72. The molecule has 0 aromatic heterocycles. The van der Waals surface area contributed by atoms with E-state index in [1.54, 1.807) is 12.1 Å². The van der Waals surface area contributed by atoms with Gasteiger partial charge >= 0.3 is 5.97 Å². The SMILES string of the molecule is CCCC(CCCC(=O)O)c1ccc(C(O)O)cc1. The number of hydrogen-bond donors (Lipinski definition) is 3. The number of aliphatic hydroxyl groups excluding tert-OH is 1. The molecule has 19 heavy (non-hydrogen) atoms. The van der Waals surface area contributed by atoms with Gasteiger partial charge in [-0.05, 0) is 30.7 Å². The first-order chi connectivity index (χ1) is 9.04. The van der Waals surface area contributed by atoms with Gasteiger partial charge in [0.25, 0.3) is 0 Å². The highest BCUT2D eigenvalue weighted by Crippen LogP contribution is 2.27. The van der Waals surface area contributed by atoms with Crippen LogP contribution in [0, 0.1) is 0 Å². The van der Waals surface area contributed by atoms with Crippen molar-refractivity contribution in [2.24, 2.45) is 0 Å². The zero-order valence-electron chi connectivity index (χ0n) is 11.2. The molecule has 1 rings (SSSR count). The van der Waals surface area contributed by atoms with E-state index in [1.807, 2.05) is 12.1 Å². The summed E-state index contributed by atoms with van der Waals surface area (Å²) in [6.45, 7) is 2.11. The lowest BCUT2D eigenvalue weighted by atomic mass is 9.89. The van der Waals surface area contributed by atoms with Crippen molar-refractivity contribution in [2.45, 2.75) is 51.2 Å². The summed E-state index contributed by atoms with van der Waals surface area (Å²) in [5, 5.41) is 26.8. The van der Waals surface area contributed by atoms with Crippen molar-refractivity contribution in [2.75, 3.05) is 0 Å². The summed E-state index contributed by atoms with van der Waals surface area (Å²) in [6, 6.07) is 7.21. The van der Waals surface area contributed by atoms with E-state index < -0.39 is 12.3 Å². The summed E-state index contributed by atoms with van der Waals surface area (Å²) >= 11 is 0. The Kier molecular flexibility index (Phi) is 6.53. The molecule has 4 nitrogen and oxygen atoms in total. The first kappa shape index (κ1) is 15.7. The van der Waals surface area contributed by atoms with Crippen molar-refractivity contribution in [1.82, 2.24) is 0 Å². The van der Waals surface area contributed by atoms with Crippen LogP contribution in [-0.2, 0) is 4.79 Å². The van der Waals surface area contributed by atoms with Crippen LogP contribution in [0.1, 0.15) is 62.4 Å². The molecule has 0 aliphatic rings. The molecule has 3 N–H and O–H groups in total. The van der Waals surface area contributed by atoms with Gasteiger partial charge in [-0.3, -0.25) is 4.79 Å². The van der Waals surface area contributed by atoms with Crippen molar-refractivity contribution < 1.29 is 20.1 Å². The summed E-state index contributed by atoms with van der Waals surface area (Å²) in [4.78, 5) is 10.5. The fourth-order valence-corrected chi connectivity index (χ4v) is 2.27. The molecule has 0 aliphatic heterocycles. The van der Waals surface area contributed by atoms with E-state index in [1.165, 1.54) is 0 Å². The zero-order valence-corrected chi connectivity index (χ0v) is 11.2. The van der Waals surface area contributed by atoms with Gasteiger partial charge in [0, 0.05) is 12.0 Å². The Labute approximate surface area is 113 Å². The maximum Gasteiger partial charge on any atom is 0.303 e. The second kappa shape index (κ2) is 7.92.